The van der Waals surface area contributed by atoms with Gasteiger partial charge in [-0.15, -0.1) is 11.8 Å². The van der Waals surface area contributed by atoms with E-state index in [2.05, 4.69) is 0 Å². The van der Waals surface area contributed by atoms with E-state index < -0.39 is 11.0 Å². The number of hydrogen-bond acceptors (Lipinski definition) is 6. The quantitative estimate of drug-likeness (QED) is 0.0982. The van der Waals surface area contributed by atoms with Gasteiger partial charge in [-0.05, 0) is 94.7 Å². The maximum Gasteiger partial charge on any atom is 0.184 e. The average molecular weight is 648 g/mol. The van der Waals surface area contributed by atoms with Gasteiger partial charge in [-0.3, -0.25) is 19.3 Å². The van der Waals surface area contributed by atoms with Crippen molar-refractivity contribution in [1.82, 2.24) is 4.90 Å². The standard InChI is InChI=1S/C41H45NO4S/c1-26-22-28(3)35(29(4)23-26)38(44)41(33-12-10-9-11-13-33,39(45)36-30(5)24-27(2)25-31(36)6)40(7,42-18-20-46-21-19-42)37(43)32-14-16-34(47-8)17-15-32/h9-17,22-25H,18-21H2,1-8H3. The highest BCUT2D eigenvalue weighted by Crippen LogP contribution is 2.49. The molecule has 4 aromatic carbocycles. The zero-order valence-electron chi connectivity index (χ0n) is 28.8. The highest BCUT2D eigenvalue weighted by molar-refractivity contribution is 7.98. The van der Waals surface area contributed by atoms with Crippen molar-refractivity contribution in [3.8, 4) is 0 Å². The molecule has 1 aliphatic heterocycles. The van der Waals surface area contributed by atoms with Gasteiger partial charge in [0, 0.05) is 34.7 Å². The lowest BCUT2D eigenvalue weighted by molar-refractivity contribution is -0.0287. The Kier molecular flexibility index (Phi) is 10.1. The molecule has 1 aliphatic rings. The predicted octanol–water partition coefficient (Wildman–Crippen LogP) is 8.24. The van der Waals surface area contributed by atoms with Crippen LogP contribution < -0.4 is 0 Å². The van der Waals surface area contributed by atoms with E-state index in [1.807, 2.05) is 138 Å². The number of ether oxygens (including phenoxy) is 1. The van der Waals surface area contributed by atoms with Crippen LogP contribution in [0.3, 0.4) is 0 Å². The monoisotopic (exact) mass is 647 g/mol. The third-order valence-electron chi connectivity index (χ3n) is 9.86. The minimum absolute atomic E-state index is 0.276. The van der Waals surface area contributed by atoms with Crippen molar-refractivity contribution in [2.75, 3.05) is 32.6 Å². The van der Waals surface area contributed by atoms with Gasteiger partial charge in [-0.1, -0.05) is 77.9 Å². The molecule has 5 nitrogen and oxygen atoms in total. The summed E-state index contributed by atoms with van der Waals surface area (Å²) < 4.78 is 5.80. The first kappa shape index (κ1) is 34.5. The molecule has 0 N–H and O–H groups in total. The molecule has 5 rings (SSSR count). The molecule has 1 fully saturated rings. The summed E-state index contributed by atoms with van der Waals surface area (Å²) in [5.41, 5.74) is 3.46. The van der Waals surface area contributed by atoms with Crippen LogP contribution in [0.2, 0.25) is 0 Å². The second-order valence-electron chi connectivity index (χ2n) is 13.1. The first-order valence-corrected chi connectivity index (χ1v) is 17.4. The fourth-order valence-electron chi connectivity index (χ4n) is 7.81. The SMILES string of the molecule is CSc1ccc(C(=O)C(C)(N2CCOCC2)C(C(=O)c2c(C)cc(C)cc2C)(C(=O)c2c(C)cc(C)cc2C)c2ccccc2)cc1. The van der Waals surface area contributed by atoms with Gasteiger partial charge in [-0.25, -0.2) is 0 Å². The Bertz CT molecular complexity index is 1710. The van der Waals surface area contributed by atoms with Gasteiger partial charge < -0.3 is 4.74 Å². The average Bonchev–Trinajstić information content (AvgIpc) is 3.04. The molecule has 0 radical (unpaired) electrons. The van der Waals surface area contributed by atoms with Crippen LogP contribution in [0.5, 0.6) is 0 Å². The first-order valence-electron chi connectivity index (χ1n) is 16.2. The largest absolute Gasteiger partial charge is 0.379 e. The minimum Gasteiger partial charge on any atom is -0.379 e. The Balaban J connectivity index is 1.98. The van der Waals surface area contributed by atoms with E-state index in [-0.39, 0.29) is 17.3 Å². The molecule has 1 heterocycles. The van der Waals surface area contributed by atoms with Crippen molar-refractivity contribution in [3.05, 3.63) is 134 Å². The van der Waals surface area contributed by atoms with E-state index in [1.165, 1.54) is 0 Å². The highest BCUT2D eigenvalue weighted by Gasteiger charge is 2.66. The van der Waals surface area contributed by atoms with Gasteiger partial charge in [0.15, 0.2) is 17.3 Å². The molecule has 0 spiro atoms. The summed E-state index contributed by atoms with van der Waals surface area (Å²) in [7, 11) is 0. The van der Waals surface area contributed by atoms with Crippen LogP contribution in [-0.2, 0) is 10.2 Å². The molecule has 0 bridgehead atoms. The fourth-order valence-corrected chi connectivity index (χ4v) is 8.22. The summed E-state index contributed by atoms with van der Waals surface area (Å²) in [6.45, 7) is 15.1. The van der Waals surface area contributed by atoms with Crippen LogP contribution in [0.15, 0.2) is 83.8 Å². The number of nitrogens with zero attached hydrogens (tertiary/aromatic N) is 1. The van der Waals surface area contributed by atoms with Crippen molar-refractivity contribution in [3.63, 3.8) is 0 Å². The summed E-state index contributed by atoms with van der Waals surface area (Å²) in [5, 5.41) is 0. The molecular formula is C41H45NO4S. The Hall–Kier alpha value is -3.84. The van der Waals surface area contributed by atoms with E-state index in [0.717, 1.165) is 38.3 Å². The zero-order chi connectivity index (χ0) is 34.1. The number of thioether (sulfide) groups is 1. The lowest BCUT2D eigenvalue weighted by atomic mass is 9.54. The third kappa shape index (κ3) is 5.92. The number of rotatable bonds is 10. The number of morpholine rings is 1. The molecule has 0 amide bonds. The van der Waals surface area contributed by atoms with Gasteiger partial charge in [0.2, 0.25) is 0 Å². The maximum absolute atomic E-state index is 16.0. The first-order chi connectivity index (χ1) is 22.4. The fraction of sp³-hybridized carbons (Fsp3) is 0.341. The van der Waals surface area contributed by atoms with Gasteiger partial charge in [0.05, 0.1) is 13.2 Å². The molecular weight excluding hydrogens is 603 g/mol. The topological polar surface area (TPSA) is 63.7 Å². The summed E-state index contributed by atoms with van der Waals surface area (Å²) in [6, 6.07) is 24.7. The number of benzene rings is 4. The van der Waals surface area contributed by atoms with Gasteiger partial charge in [0.1, 0.15) is 11.0 Å². The van der Waals surface area contributed by atoms with E-state index in [9.17, 15) is 0 Å². The van der Waals surface area contributed by atoms with E-state index in [0.29, 0.717) is 48.6 Å². The Morgan fingerprint density at radius 3 is 1.53 bits per heavy atom. The number of carbonyl (C=O) groups excluding carboxylic acids is 3. The van der Waals surface area contributed by atoms with Crippen LogP contribution in [0.1, 0.15) is 76.9 Å². The van der Waals surface area contributed by atoms with Crippen LogP contribution in [0, 0.1) is 41.5 Å². The molecule has 1 unspecified atom stereocenters. The summed E-state index contributed by atoms with van der Waals surface area (Å²) in [6.07, 6.45) is 1.99. The molecule has 47 heavy (non-hydrogen) atoms. The van der Waals surface area contributed by atoms with Gasteiger partial charge in [-0.2, -0.15) is 0 Å². The number of aryl methyl sites for hydroxylation is 6. The molecule has 1 atom stereocenters. The minimum atomic E-state index is -1.96. The molecule has 0 aliphatic carbocycles. The molecule has 1 saturated heterocycles. The van der Waals surface area contributed by atoms with Crippen molar-refractivity contribution < 1.29 is 19.1 Å². The van der Waals surface area contributed by atoms with E-state index in [1.54, 1.807) is 11.8 Å². The highest BCUT2D eigenvalue weighted by atomic mass is 32.2. The summed E-state index contributed by atoms with van der Waals surface area (Å²) in [5.74, 6) is -1.01. The second-order valence-corrected chi connectivity index (χ2v) is 13.9. The molecule has 6 heteroatoms. The number of ketones is 3. The van der Waals surface area contributed by atoms with Crippen molar-refractivity contribution in [1.29, 1.82) is 0 Å². The summed E-state index contributed by atoms with van der Waals surface area (Å²) in [4.78, 5) is 50.6. The number of hydrogen-bond donors (Lipinski definition) is 0. The van der Waals surface area contributed by atoms with E-state index >= 15 is 14.4 Å². The molecule has 4 aromatic rings. The van der Waals surface area contributed by atoms with Crippen molar-refractivity contribution >= 4 is 29.1 Å². The van der Waals surface area contributed by atoms with Crippen LogP contribution in [0.25, 0.3) is 0 Å². The normalized spacial score (nSPS) is 15.2. The molecule has 0 saturated carbocycles. The second kappa shape index (κ2) is 13.7. The number of carbonyl (C=O) groups is 3. The van der Waals surface area contributed by atoms with Crippen molar-refractivity contribution in [2.24, 2.45) is 0 Å². The maximum atomic E-state index is 16.0. The van der Waals surface area contributed by atoms with Crippen LogP contribution in [-0.4, -0.2) is 60.3 Å². The Labute approximate surface area is 283 Å². The Morgan fingerprint density at radius 2 is 1.11 bits per heavy atom. The van der Waals surface area contributed by atoms with Crippen molar-refractivity contribution in [2.45, 2.75) is 64.3 Å². The van der Waals surface area contributed by atoms with Gasteiger partial charge in [0.25, 0.3) is 0 Å². The molecule has 0 aromatic heterocycles. The van der Waals surface area contributed by atoms with Crippen LogP contribution in [0.4, 0.5) is 0 Å². The zero-order valence-corrected chi connectivity index (χ0v) is 29.6. The lowest BCUT2D eigenvalue weighted by Crippen LogP contribution is -2.72. The van der Waals surface area contributed by atoms with Gasteiger partial charge >= 0.3 is 0 Å². The lowest BCUT2D eigenvalue weighted by Gasteiger charge is -2.53. The van der Waals surface area contributed by atoms with Crippen LogP contribution >= 0.6 is 11.8 Å². The molecule has 244 valence electrons. The smallest absolute Gasteiger partial charge is 0.184 e. The predicted molar refractivity (Wildman–Crippen MR) is 191 cm³/mol. The number of Topliss-reactive ketones (excluding diaryl/α,β-unsaturated/α-hetero) is 3. The van der Waals surface area contributed by atoms with E-state index in [4.69, 9.17) is 4.74 Å². The Morgan fingerprint density at radius 1 is 0.660 bits per heavy atom. The third-order valence-corrected chi connectivity index (χ3v) is 10.6. The summed E-state index contributed by atoms with van der Waals surface area (Å²) >= 11 is 1.59.